The molecule has 1 amide bonds. The molecule has 0 radical (unpaired) electrons. The molecule has 0 saturated carbocycles. The number of carbonyl (C=O) groups excluding carboxylic acids is 1. The minimum absolute atomic E-state index is 0.0127. The number of anilines is 1. The van der Waals surface area contributed by atoms with Crippen LogP contribution >= 0.6 is 0 Å². The van der Waals surface area contributed by atoms with Gasteiger partial charge in [0, 0.05) is 25.7 Å². The molecule has 0 aromatic carbocycles. The van der Waals surface area contributed by atoms with E-state index in [1.807, 2.05) is 20.8 Å². The number of halogens is 1. The average molecular weight is 297 g/mol. The largest absolute Gasteiger partial charge is 0.396 e. The van der Waals surface area contributed by atoms with Crippen molar-refractivity contribution in [2.24, 2.45) is 0 Å². The predicted molar refractivity (Wildman–Crippen MR) is 80.9 cm³/mol. The standard InChI is InChI=1S/C15H24FN3O2/c1-4-6-17-14-13(9-12(16)10-18-14)15(21)19(11(2)3)7-5-8-20/h9-11,20H,4-8H2,1-3H3,(H,17,18). The minimum Gasteiger partial charge on any atom is -0.396 e. The van der Waals surface area contributed by atoms with Crippen molar-refractivity contribution >= 4 is 11.7 Å². The summed E-state index contributed by atoms with van der Waals surface area (Å²) in [5.74, 6) is -0.409. The summed E-state index contributed by atoms with van der Waals surface area (Å²) in [7, 11) is 0. The molecule has 1 aromatic rings. The van der Waals surface area contributed by atoms with E-state index in [-0.39, 0.29) is 24.1 Å². The molecule has 0 aliphatic rings. The molecule has 2 N–H and O–H groups in total. The fourth-order valence-corrected chi connectivity index (χ4v) is 1.98. The van der Waals surface area contributed by atoms with Crippen LogP contribution in [0.15, 0.2) is 12.3 Å². The molecule has 118 valence electrons. The summed E-state index contributed by atoms with van der Waals surface area (Å²) in [6.07, 6.45) is 2.47. The van der Waals surface area contributed by atoms with E-state index in [9.17, 15) is 9.18 Å². The summed E-state index contributed by atoms with van der Waals surface area (Å²) in [5, 5.41) is 12.0. The Morgan fingerprint density at radius 1 is 1.52 bits per heavy atom. The zero-order valence-corrected chi connectivity index (χ0v) is 12.9. The number of aromatic nitrogens is 1. The third kappa shape index (κ3) is 4.97. The van der Waals surface area contributed by atoms with Gasteiger partial charge in [-0.2, -0.15) is 0 Å². The van der Waals surface area contributed by atoms with Gasteiger partial charge in [0.25, 0.3) is 5.91 Å². The first-order valence-corrected chi connectivity index (χ1v) is 7.32. The second kappa shape index (κ2) is 8.56. The van der Waals surface area contributed by atoms with Crippen LogP contribution in [0.4, 0.5) is 10.2 Å². The molecule has 1 rings (SSSR count). The van der Waals surface area contributed by atoms with E-state index < -0.39 is 5.82 Å². The molecule has 1 heterocycles. The Labute approximate surface area is 125 Å². The van der Waals surface area contributed by atoms with Crippen molar-refractivity contribution in [1.82, 2.24) is 9.88 Å². The zero-order chi connectivity index (χ0) is 15.8. The number of aliphatic hydroxyl groups excluding tert-OH is 1. The molecule has 0 bridgehead atoms. The van der Waals surface area contributed by atoms with Crippen LogP contribution in [-0.4, -0.2) is 46.6 Å². The van der Waals surface area contributed by atoms with Gasteiger partial charge in [0.15, 0.2) is 0 Å². The number of hydrogen-bond acceptors (Lipinski definition) is 4. The first-order valence-electron chi connectivity index (χ1n) is 7.32. The SMILES string of the molecule is CCCNc1ncc(F)cc1C(=O)N(CCCO)C(C)C. The maximum Gasteiger partial charge on any atom is 0.257 e. The van der Waals surface area contributed by atoms with Crippen molar-refractivity contribution in [3.8, 4) is 0 Å². The number of aliphatic hydroxyl groups is 1. The molecule has 0 atom stereocenters. The Morgan fingerprint density at radius 2 is 2.24 bits per heavy atom. The zero-order valence-electron chi connectivity index (χ0n) is 12.9. The smallest absolute Gasteiger partial charge is 0.257 e. The lowest BCUT2D eigenvalue weighted by atomic mass is 10.1. The van der Waals surface area contributed by atoms with Gasteiger partial charge >= 0.3 is 0 Å². The predicted octanol–water partition coefficient (Wildman–Crippen LogP) is 2.28. The highest BCUT2D eigenvalue weighted by Crippen LogP contribution is 2.18. The number of pyridine rings is 1. The average Bonchev–Trinajstić information content (AvgIpc) is 2.45. The fraction of sp³-hybridized carbons (Fsp3) is 0.600. The van der Waals surface area contributed by atoms with E-state index >= 15 is 0 Å². The highest BCUT2D eigenvalue weighted by molar-refractivity contribution is 5.98. The van der Waals surface area contributed by atoms with Gasteiger partial charge in [-0.3, -0.25) is 4.79 Å². The Kier molecular flexibility index (Phi) is 7.08. The summed E-state index contributed by atoms with van der Waals surface area (Å²) in [6.45, 7) is 6.88. The molecule has 0 aliphatic carbocycles. The quantitative estimate of drug-likeness (QED) is 0.772. The van der Waals surface area contributed by atoms with Gasteiger partial charge in [-0.05, 0) is 32.8 Å². The molecule has 0 unspecified atom stereocenters. The lowest BCUT2D eigenvalue weighted by Crippen LogP contribution is -2.38. The molecule has 6 heteroatoms. The summed E-state index contributed by atoms with van der Waals surface area (Å²) in [5.41, 5.74) is 0.232. The van der Waals surface area contributed by atoms with Crippen LogP contribution in [-0.2, 0) is 0 Å². The number of carbonyl (C=O) groups is 1. The fourth-order valence-electron chi connectivity index (χ4n) is 1.98. The maximum absolute atomic E-state index is 13.4. The van der Waals surface area contributed by atoms with Crippen molar-refractivity contribution in [3.05, 3.63) is 23.6 Å². The molecule has 5 nitrogen and oxygen atoms in total. The third-order valence-electron chi connectivity index (χ3n) is 3.07. The Morgan fingerprint density at radius 3 is 2.81 bits per heavy atom. The van der Waals surface area contributed by atoms with Crippen LogP contribution in [0.2, 0.25) is 0 Å². The van der Waals surface area contributed by atoms with Crippen molar-refractivity contribution in [2.75, 3.05) is 25.0 Å². The first kappa shape index (κ1) is 17.4. The molecule has 0 aliphatic heterocycles. The van der Waals surface area contributed by atoms with Crippen LogP contribution in [0.3, 0.4) is 0 Å². The maximum atomic E-state index is 13.4. The first-order chi connectivity index (χ1) is 10.0. The van der Waals surface area contributed by atoms with Crippen LogP contribution in [0.25, 0.3) is 0 Å². The minimum atomic E-state index is -0.536. The summed E-state index contributed by atoms with van der Waals surface area (Å²) in [6, 6.07) is 1.17. The van der Waals surface area contributed by atoms with E-state index in [4.69, 9.17) is 5.11 Å². The van der Waals surface area contributed by atoms with Gasteiger partial charge in [-0.25, -0.2) is 9.37 Å². The Bertz CT molecular complexity index is 466. The van der Waals surface area contributed by atoms with Crippen LogP contribution in [0, 0.1) is 5.82 Å². The number of nitrogens with one attached hydrogen (secondary N) is 1. The Balaban J connectivity index is 3.04. The summed E-state index contributed by atoms with van der Waals surface area (Å²) in [4.78, 5) is 18.2. The van der Waals surface area contributed by atoms with Crippen LogP contribution < -0.4 is 5.32 Å². The molecule has 1 aromatic heterocycles. The van der Waals surface area contributed by atoms with Crippen molar-refractivity contribution in [3.63, 3.8) is 0 Å². The van der Waals surface area contributed by atoms with Gasteiger partial charge in [0.2, 0.25) is 0 Å². The second-order valence-electron chi connectivity index (χ2n) is 5.15. The van der Waals surface area contributed by atoms with Gasteiger partial charge in [0.1, 0.15) is 11.6 Å². The normalized spacial score (nSPS) is 10.8. The number of hydrogen-bond donors (Lipinski definition) is 2. The molecular weight excluding hydrogens is 273 g/mol. The van der Waals surface area contributed by atoms with Crippen molar-refractivity contribution < 1.29 is 14.3 Å². The molecule has 21 heavy (non-hydrogen) atoms. The van der Waals surface area contributed by atoms with E-state index in [2.05, 4.69) is 10.3 Å². The van der Waals surface area contributed by atoms with Gasteiger partial charge < -0.3 is 15.3 Å². The van der Waals surface area contributed by atoms with Crippen LogP contribution in [0.5, 0.6) is 0 Å². The Hall–Kier alpha value is -1.69. The molecule has 0 saturated heterocycles. The van der Waals surface area contributed by atoms with Gasteiger partial charge in [-0.15, -0.1) is 0 Å². The van der Waals surface area contributed by atoms with E-state index in [0.717, 1.165) is 12.6 Å². The number of amides is 1. The monoisotopic (exact) mass is 297 g/mol. The lowest BCUT2D eigenvalue weighted by molar-refractivity contribution is 0.0693. The molecule has 0 fully saturated rings. The second-order valence-corrected chi connectivity index (χ2v) is 5.15. The topological polar surface area (TPSA) is 65.5 Å². The van der Waals surface area contributed by atoms with Gasteiger partial charge in [0.05, 0.1) is 11.8 Å². The van der Waals surface area contributed by atoms with Crippen LogP contribution in [0.1, 0.15) is 44.0 Å². The highest BCUT2D eigenvalue weighted by atomic mass is 19.1. The van der Waals surface area contributed by atoms with E-state index in [1.54, 1.807) is 4.90 Å². The molecular formula is C15H24FN3O2. The third-order valence-corrected chi connectivity index (χ3v) is 3.07. The van der Waals surface area contributed by atoms with E-state index in [0.29, 0.717) is 25.3 Å². The van der Waals surface area contributed by atoms with Gasteiger partial charge in [-0.1, -0.05) is 6.92 Å². The molecule has 0 spiro atoms. The lowest BCUT2D eigenvalue weighted by Gasteiger charge is -2.27. The number of nitrogens with zero attached hydrogens (tertiary/aromatic N) is 2. The van der Waals surface area contributed by atoms with Crippen molar-refractivity contribution in [2.45, 2.75) is 39.7 Å². The summed E-state index contributed by atoms with van der Waals surface area (Å²) >= 11 is 0. The van der Waals surface area contributed by atoms with E-state index in [1.165, 1.54) is 6.07 Å². The number of rotatable bonds is 8. The highest BCUT2D eigenvalue weighted by Gasteiger charge is 2.22. The summed E-state index contributed by atoms with van der Waals surface area (Å²) < 4.78 is 13.4. The van der Waals surface area contributed by atoms with Crippen molar-refractivity contribution in [1.29, 1.82) is 0 Å².